The molecule has 0 saturated heterocycles. The highest BCUT2D eigenvalue weighted by atomic mass is 16.5. The number of nitrogens with one attached hydrogen (secondary N) is 2. The zero-order valence-corrected chi connectivity index (χ0v) is 14.0. The zero-order chi connectivity index (χ0) is 16.3. The van der Waals surface area contributed by atoms with Gasteiger partial charge in [-0.1, -0.05) is 43.9 Å². The molecule has 0 fully saturated rings. The van der Waals surface area contributed by atoms with Crippen molar-refractivity contribution in [3.8, 4) is 0 Å². The summed E-state index contributed by atoms with van der Waals surface area (Å²) in [6.45, 7) is 0. The average Bonchev–Trinajstić information content (AvgIpc) is 2.59. The van der Waals surface area contributed by atoms with Crippen LogP contribution in [0.5, 0.6) is 0 Å². The number of hydrogen-bond acceptors (Lipinski definition) is 4. The van der Waals surface area contributed by atoms with Crippen molar-refractivity contribution in [3.05, 3.63) is 42.1 Å². The maximum atomic E-state index is 11.8. The molecule has 0 aliphatic carbocycles. The van der Waals surface area contributed by atoms with Crippen molar-refractivity contribution in [1.82, 2.24) is 5.43 Å². The number of hydrogen-bond donors (Lipinski definition) is 2. The van der Waals surface area contributed by atoms with E-state index in [0.29, 0.717) is 6.42 Å². The van der Waals surface area contributed by atoms with Crippen LogP contribution in [0, 0.1) is 5.92 Å². The Morgan fingerprint density at radius 2 is 1.83 bits per heavy atom. The van der Waals surface area contributed by atoms with Crippen LogP contribution >= 0.6 is 0 Å². The lowest BCUT2D eigenvalue weighted by Crippen LogP contribution is -2.17. The molecule has 1 aromatic rings. The smallest absolute Gasteiger partial charge is 0.308 e. The molecule has 4 nitrogen and oxygen atoms in total. The van der Waals surface area contributed by atoms with E-state index in [2.05, 4.69) is 35.1 Å². The standard InChI is InChI=1S/C19H28N2O2/c1-23-19(22)17-9-6-4-2-3-5-8-16-11-13-18(14-12-16)21-20-15-7-10-17/h7,11-15,17,20-21H,2-6,8-10H2,1H3. The highest BCUT2D eigenvalue weighted by molar-refractivity contribution is 5.72. The van der Waals surface area contributed by atoms with E-state index in [-0.39, 0.29) is 11.9 Å². The molecule has 2 aliphatic heterocycles. The van der Waals surface area contributed by atoms with Crippen LogP contribution in [0.25, 0.3) is 0 Å². The van der Waals surface area contributed by atoms with Crippen molar-refractivity contribution in [2.45, 2.75) is 51.4 Å². The number of carbonyl (C=O) groups is 1. The highest BCUT2D eigenvalue weighted by Crippen LogP contribution is 2.18. The van der Waals surface area contributed by atoms with Crippen LogP contribution < -0.4 is 10.9 Å². The molecule has 2 aliphatic rings. The minimum Gasteiger partial charge on any atom is -0.469 e. The minimum absolute atomic E-state index is 0.0346. The fraction of sp³-hybridized carbons (Fsp3) is 0.526. The van der Waals surface area contributed by atoms with Crippen LogP contribution in [-0.4, -0.2) is 13.1 Å². The summed E-state index contributed by atoms with van der Waals surface area (Å²) in [4.78, 5) is 11.8. The third-order valence-electron chi connectivity index (χ3n) is 4.34. The van der Waals surface area contributed by atoms with E-state index in [0.717, 1.165) is 24.9 Å². The van der Waals surface area contributed by atoms with Gasteiger partial charge in [0.2, 0.25) is 0 Å². The monoisotopic (exact) mass is 316 g/mol. The quantitative estimate of drug-likeness (QED) is 0.763. The summed E-state index contributed by atoms with van der Waals surface area (Å²) in [5.74, 6) is -0.136. The molecule has 1 atom stereocenters. The van der Waals surface area contributed by atoms with Crippen molar-refractivity contribution < 1.29 is 9.53 Å². The zero-order valence-electron chi connectivity index (χ0n) is 14.0. The fourth-order valence-corrected chi connectivity index (χ4v) is 2.92. The second kappa shape index (κ2) is 9.93. The van der Waals surface area contributed by atoms with Crippen LogP contribution in [0.3, 0.4) is 0 Å². The van der Waals surface area contributed by atoms with Crippen LogP contribution in [-0.2, 0) is 16.0 Å². The molecule has 2 N–H and O–H groups in total. The van der Waals surface area contributed by atoms with E-state index in [1.54, 1.807) is 0 Å². The SMILES string of the molecule is COC(=O)C1CC=CNNc2ccc(cc2)CCCCCCC1. The first kappa shape index (κ1) is 17.4. The molecule has 0 saturated carbocycles. The maximum absolute atomic E-state index is 11.8. The number of carbonyl (C=O) groups excluding carboxylic acids is 1. The number of benzene rings is 1. The van der Waals surface area contributed by atoms with Gasteiger partial charge in [-0.25, -0.2) is 0 Å². The van der Waals surface area contributed by atoms with E-state index in [4.69, 9.17) is 4.74 Å². The molecule has 0 amide bonds. The Balaban J connectivity index is 1.95. The molecule has 0 aromatic heterocycles. The Morgan fingerprint density at radius 3 is 2.61 bits per heavy atom. The molecule has 23 heavy (non-hydrogen) atoms. The summed E-state index contributed by atoms with van der Waals surface area (Å²) in [6, 6.07) is 8.54. The Hall–Kier alpha value is -1.97. The van der Waals surface area contributed by atoms with Crippen LogP contribution in [0.4, 0.5) is 5.69 Å². The van der Waals surface area contributed by atoms with Gasteiger partial charge in [0.15, 0.2) is 0 Å². The number of allylic oxidation sites excluding steroid dienone is 1. The number of fused-ring (bicyclic) bond motifs is 13. The van der Waals surface area contributed by atoms with Crippen LogP contribution in [0.2, 0.25) is 0 Å². The Bertz CT molecular complexity index is 497. The number of rotatable bonds is 1. The van der Waals surface area contributed by atoms with Gasteiger partial charge in [-0.15, -0.1) is 0 Å². The molecule has 2 bridgehead atoms. The van der Waals surface area contributed by atoms with Gasteiger partial charge in [0, 0.05) is 6.20 Å². The number of hydrazine groups is 1. The van der Waals surface area contributed by atoms with E-state index in [9.17, 15) is 4.79 Å². The summed E-state index contributed by atoms with van der Waals surface area (Å²) < 4.78 is 4.92. The van der Waals surface area contributed by atoms with Gasteiger partial charge in [0.05, 0.1) is 18.7 Å². The summed E-state index contributed by atoms with van der Waals surface area (Å²) >= 11 is 0. The summed E-state index contributed by atoms with van der Waals surface area (Å²) in [5, 5.41) is 0. The van der Waals surface area contributed by atoms with Gasteiger partial charge in [-0.05, 0) is 43.4 Å². The van der Waals surface area contributed by atoms with Crippen molar-refractivity contribution >= 4 is 11.7 Å². The van der Waals surface area contributed by atoms with Crippen molar-refractivity contribution in [2.24, 2.45) is 5.92 Å². The molecule has 126 valence electrons. The van der Waals surface area contributed by atoms with Crippen molar-refractivity contribution in [2.75, 3.05) is 12.5 Å². The van der Waals surface area contributed by atoms with Crippen molar-refractivity contribution in [3.63, 3.8) is 0 Å². The first-order chi connectivity index (χ1) is 11.3. The summed E-state index contributed by atoms with van der Waals surface area (Å²) in [7, 11) is 1.47. The maximum Gasteiger partial charge on any atom is 0.308 e. The molecule has 4 heteroatoms. The first-order valence-corrected chi connectivity index (χ1v) is 8.63. The van der Waals surface area contributed by atoms with Gasteiger partial charge in [-0.2, -0.15) is 0 Å². The van der Waals surface area contributed by atoms with Crippen molar-refractivity contribution in [1.29, 1.82) is 0 Å². The summed E-state index contributed by atoms with van der Waals surface area (Å²) in [6.07, 6.45) is 12.6. The lowest BCUT2D eigenvalue weighted by molar-refractivity contribution is -0.145. The van der Waals surface area contributed by atoms with Crippen LogP contribution in [0.1, 0.15) is 50.5 Å². The molecule has 0 spiro atoms. The second-order valence-electron chi connectivity index (χ2n) is 6.13. The van der Waals surface area contributed by atoms with Gasteiger partial charge >= 0.3 is 5.97 Å². The number of anilines is 1. The largest absolute Gasteiger partial charge is 0.469 e. The highest BCUT2D eigenvalue weighted by Gasteiger charge is 2.16. The molecule has 0 radical (unpaired) electrons. The van der Waals surface area contributed by atoms with Crippen LogP contribution in [0.15, 0.2) is 36.5 Å². The first-order valence-electron chi connectivity index (χ1n) is 8.63. The van der Waals surface area contributed by atoms with Gasteiger partial charge in [0.1, 0.15) is 0 Å². The van der Waals surface area contributed by atoms with E-state index in [1.165, 1.54) is 38.4 Å². The summed E-state index contributed by atoms with van der Waals surface area (Å²) in [5.41, 5.74) is 8.61. The number of ether oxygens (including phenoxy) is 1. The average molecular weight is 316 g/mol. The Labute approximate surface area is 139 Å². The molecule has 1 unspecified atom stereocenters. The second-order valence-corrected chi connectivity index (χ2v) is 6.13. The molecule has 2 heterocycles. The number of esters is 1. The fourth-order valence-electron chi connectivity index (χ4n) is 2.92. The lowest BCUT2D eigenvalue weighted by Gasteiger charge is -2.12. The minimum atomic E-state index is -0.101. The number of methoxy groups -OCH3 is 1. The predicted octanol–water partition coefficient (Wildman–Crippen LogP) is 4.19. The topological polar surface area (TPSA) is 50.4 Å². The van der Waals surface area contributed by atoms with Gasteiger partial charge in [-0.3, -0.25) is 4.79 Å². The van der Waals surface area contributed by atoms with E-state index >= 15 is 0 Å². The molecular formula is C19H28N2O2. The molecular weight excluding hydrogens is 288 g/mol. The van der Waals surface area contributed by atoms with Gasteiger partial charge < -0.3 is 15.6 Å². The third-order valence-corrected chi connectivity index (χ3v) is 4.34. The lowest BCUT2D eigenvalue weighted by atomic mass is 9.97. The van der Waals surface area contributed by atoms with Gasteiger partial charge in [0.25, 0.3) is 0 Å². The predicted molar refractivity (Wildman–Crippen MR) is 93.9 cm³/mol. The third kappa shape index (κ3) is 6.35. The number of aryl methyl sites for hydroxylation is 1. The Kier molecular flexibility index (Phi) is 7.50. The van der Waals surface area contributed by atoms with E-state index in [1.807, 2.05) is 12.3 Å². The van der Waals surface area contributed by atoms with E-state index < -0.39 is 0 Å². The molecule has 3 rings (SSSR count). The molecule has 1 aromatic carbocycles. The Morgan fingerprint density at radius 1 is 1.09 bits per heavy atom. The normalized spacial score (nSPS) is 20.1.